The Balaban J connectivity index is 2.26. The Morgan fingerprint density at radius 3 is 2.69 bits per heavy atom. The van der Waals surface area contributed by atoms with E-state index in [9.17, 15) is 18.0 Å². The predicted octanol–water partition coefficient (Wildman–Crippen LogP) is 4.55. The van der Waals surface area contributed by atoms with Gasteiger partial charge in [-0.3, -0.25) is 4.79 Å². The number of rotatable bonds is 3. The second-order valence-electron chi connectivity index (χ2n) is 7.08. The van der Waals surface area contributed by atoms with Gasteiger partial charge in [0, 0.05) is 17.1 Å². The van der Waals surface area contributed by atoms with Crippen LogP contribution in [0.4, 0.5) is 18.9 Å². The van der Waals surface area contributed by atoms with Crippen molar-refractivity contribution >= 4 is 33.1 Å². The molecular weight excluding hydrogens is 363 g/mol. The van der Waals surface area contributed by atoms with E-state index in [4.69, 9.17) is 5.73 Å². The number of nitrogens with one attached hydrogen (secondary N) is 1. The van der Waals surface area contributed by atoms with Crippen molar-refractivity contribution in [3.8, 4) is 0 Å². The number of hydrogen-bond acceptors (Lipinski definition) is 4. The molecule has 3 N–H and O–H groups in total. The number of nitrogens with two attached hydrogens (primary N) is 1. The van der Waals surface area contributed by atoms with E-state index in [0.29, 0.717) is 18.5 Å². The summed E-state index contributed by atoms with van der Waals surface area (Å²) >= 11 is 0.935. The van der Waals surface area contributed by atoms with Gasteiger partial charge in [-0.1, -0.05) is 13.3 Å². The van der Waals surface area contributed by atoms with Crippen LogP contribution < -0.4 is 11.1 Å². The van der Waals surface area contributed by atoms with E-state index in [1.807, 2.05) is 6.92 Å². The number of fused-ring (bicyclic) bond motifs is 2. The van der Waals surface area contributed by atoms with E-state index < -0.39 is 17.6 Å². The number of nitrogen functional groups attached to an aromatic ring is 1. The standard InChI is InChI=1S/C18H22F3N3OS/c1-4-9-5-6-11-10(7-9)13(18(19,20)21)12-14(22)15(26-17(12)24-11)16(25)23-8(2)3/h8-9H,4-7,22H2,1-3H3,(H,23,25)/t9-/m0/s1. The summed E-state index contributed by atoms with van der Waals surface area (Å²) in [7, 11) is 0. The zero-order chi connectivity index (χ0) is 19.2. The molecule has 142 valence electrons. The molecular formula is C18H22F3N3OS. The Hall–Kier alpha value is -1.83. The number of carbonyl (C=O) groups excluding carboxylic acids is 1. The molecule has 3 rings (SSSR count). The van der Waals surface area contributed by atoms with Crippen LogP contribution in [0, 0.1) is 5.92 Å². The first-order valence-electron chi connectivity index (χ1n) is 8.75. The van der Waals surface area contributed by atoms with Gasteiger partial charge in [0.1, 0.15) is 9.71 Å². The minimum Gasteiger partial charge on any atom is -0.397 e. The summed E-state index contributed by atoms with van der Waals surface area (Å²) in [6.07, 6.45) is -2.00. The molecule has 1 atom stereocenters. The third-order valence-corrected chi connectivity index (χ3v) is 5.93. The van der Waals surface area contributed by atoms with Crippen molar-refractivity contribution in [3.63, 3.8) is 0 Å². The van der Waals surface area contributed by atoms with Crippen LogP contribution >= 0.6 is 11.3 Å². The molecule has 2 heterocycles. The topological polar surface area (TPSA) is 68.0 Å². The molecule has 0 spiro atoms. The molecule has 26 heavy (non-hydrogen) atoms. The van der Waals surface area contributed by atoms with Crippen LogP contribution in [0.2, 0.25) is 0 Å². The van der Waals surface area contributed by atoms with Crippen LogP contribution in [0.25, 0.3) is 10.2 Å². The molecule has 0 saturated carbocycles. The highest BCUT2D eigenvalue weighted by atomic mass is 32.1. The quantitative estimate of drug-likeness (QED) is 0.814. The lowest BCUT2D eigenvalue weighted by atomic mass is 9.82. The summed E-state index contributed by atoms with van der Waals surface area (Å²) in [6.45, 7) is 5.55. The average molecular weight is 385 g/mol. The zero-order valence-corrected chi connectivity index (χ0v) is 15.8. The molecule has 1 aliphatic rings. The van der Waals surface area contributed by atoms with Gasteiger partial charge in [0.2, 0.25) is 0 Å². The number of amides is 1. The Labute approximate surface area is 154 Å². The van der Waals surface area contributed by atoms with Gasteiger partial charge in [0.05, 0.1) is 11.3 Å². The first kappa shape index (κ1) is 18.9. The highest BCUT2D eigenvalue weighted by molar-refractivity contribution is 7.21. The Kier molecular flexibility index (Phi) is 4.90. The molecule has 2 aromatic heterocycles. The Bertz CT molecular complexity index is 858. The van der Waals surface area contributed by atoms with E-state index >= 15 is 0 Å². The van der Waals surface area contributed by atoms with Gasteiger partial charge in [-0.25, -0.2) is 4.98 Å². The molecule has 0 radical (unpaired) electrons. The fourth-order valence-corrected chi connectivity index (χ4v) is 4.58. The second kappa shape index (κ2) is 6.72. The molecule has 0 fully saturated rings. The lowest BCUT2D eigenvalue weighted by molar-refractivity contribution is -0.137. The lowest BCUT2D eigenvalue weighted by Gasteiger charge is -2.26. The second-order valence-corrected chi connectivity index (χ2v) is 8.08. The van der Waals surface area contributed by atoms with Crippen molar-refractivity contribution in [1.29, 1.82) is 0 Å². The van der Waals surface area contributed by atoms with Gasteiger partial charge in [0.25, 0.3) is 5.91 Å². The van der Waals surface area contributed by atoms with Gasteiger partial charge < -0.3 is 11.1 Å². The molecule has 0 unspecified atom stereocenters. The number of pyridine rings is 1. The number of nitrogens with zero attached hydrogens (tertiary/aromatic N) is 1. The minimum atomic E-state index is -4.54. The smallest absolute Gasteiger partial charge is 0.397 e. The fraction of sp³-hybridized carbons (Fsp3) is 0.556. The Morgan fingerprint density at radius 1 is 1.42 bits per heavy atom. The van der Waals surface area contributed by atoms with E-state index in [0.717, 1.165) is 24.2 Å². The summed E-state index contributed by atoms with van der Waals surface area (Å²) < 4.78 is 41.9. The van der Waals surface area contributed by atoms with Gasteiger partial charge in [-0.15, -0.1) is 11.3 Å². The molecule has 8 heteroatoms. The van der Waals surface area contributed by atoms with Crippen molar-refractivity contribution in [2.75, 3.05) is 5.73 Å². The summed E-state index contributed by atoms with van der Waals surface area (Å²) in [6, 6.07) is -0.138. The molecule has 4 nitrogen and oxygen atoms in total. The van der Waals surface area contributed by atoms with Gasteiger partial charge in [0.15, 0.2) is 0 Å². The van der Waals surface area contributed by atoms with Crippen LogP contribution in [-0.4, -0.2) is 16.9 Å². The number of anilines is 1. The predicted molar refractivity (Wildman–Crippen MR) is 97.4 cm³/mol. The minimum absolute atomic E-state index is 0.0982. The van der Waals surface area contributed by atoms with E-state index in [1.165, 1.54) is 0 Å². The van der Waals surface area contributed by atoms with Gasteiger partial charge in [-0.2, -0.15) is 13.2 Å². The van der Waals surface area contributed by atoms with Crippen LogP contribution in [0.5, 0.6) is 0 Å². The maximum atomic E-state index is 14.0. The fourth-order valence-electron chi connectivity index (χ4n) is 3.55. The SMILES string of the molecule is CC[C@H]1CCc2nc3sc(C(=O)NC(C)C)c(N)c3c(C(F)(F)F)c2C1. The molecule has 0 saturated heterocycles. The normalized spacial score (nSPS) is 17.6. The van der Waals surface area contributed by atoms with Crippen LogP contribution in [-0.2, 0) is 19.0 Å². The first-order chi connectivity index (χ1) is 12.1. The van der Waals surface area contributed by atoms with E-state index in [1.54, 1.807) is 13.8 Å². The third-order valence-electron chi connectivity index (χ3n) is 4.83. The number of carbonyl (C=O) groups is 1. The van der Waals surface area contributed by atoms with Crippen LogP contribution in [0.1, 0.15) is 60.1 Å². The van der Waals surface area contributed by atoms with Crippen molar-refractivity contribution < 1.29 is 18.0 Å². The maximum absolute atomic E-state index is 14.0. The molecule has 0 aromatic carbocycles. The molecule has 0 aliphatic heterocycles. The van der Waals surface area contributed by atoms with Crippen molar-refractivity contribution in [3.05, 3.63) is 21.7 Å². The zero-order valence-electron chi connectivity index (χ0n) is 15.0. The average Bonchev–Trinajstić information content (AvgIpc) is 2.87. The van der Waals surface area contributed by atoms with Crippen molar-refractivity contribution in [2.45, 2.75) is 58.7 Å². The van der Waals surface area contributed by atoms with E-state index in [-0.39, 0.29) is 38.3 Å². The van der Waals surface area contributed by atoms with Crippen LogP contribution in [0.15, 0.2) is 0 Å². The Morgan fingerprint density at radius 2 is 2.12 bits per heavy atom. The van der Waals surface area contributed by atoms with Gasteiger partial charge in [-0.05, 0) is 44.6 Å². The third kappa shape index (κ3) is 3.26. The molecule has 1 amide bonds. The van der Waals surface area contributed by atoms with E-state index in [2.05, 4.69) is 10.3 Å². The molecule has 2 aromatic rings. The monoisotopic (exact) mass is 385 g/mol. The molecule has 1 aliphatic carbocycles. The largest absolute Gasteiger partial charge is 0.417 e. The summed E-state index contributed by atoms with van der Waals surface area (Å²) in [5.41, 5.74) is 5.95. The molecule has 0 bridgehead atoms. The number of aryl methyl sites for hydroxylation is 1. The van der Waals surface area contributed by atoms with Gasteiger partial charge >= 0.3 is 6.18 Å². The highest BCUT2D eigenvalue weighted by Crippen LogP contribution is 2.46. The van der Waals surface area contributed by atoms with Crippen LogP contribution in [0.3, 0.4) is 0 Å². The lowest BCUT2D eigenvalue weighted by Crippen LogP contribution is -2.29. The number of aromatic nitrogens is 1. The number of hydrogen-bond donors (Lipinski definition) is 2. The van der Waals surface area contributed by atoms with Crippen molar-refractivity contribution in [1.82, 2.24) is 10.3 Å². The maximum Gasteiger partial charge on any atom is 0.417 e. The highest BCUT2D eigenvalue weighted by Gasteiger charge is 2.40. The summed E-state index contributed by atoms with van der Waals surface area (Å²) in [5.74, 6) is -0.246. The summed E-state index contributed by atoms with van der Waals surface area (Å²) in [4.78, 5) is 17.1. The first-order valence-corrected chi connectivity index (χ1v) is 9.56. The number of alkyl halides is 3. The number of thiophene rings is 1. The summed E-state index contributed by atoms with van der Waals surface area (Å²) in [5, 5.41) is 2.57. The number of halogens is 3. The van der Waals surface area contributed by atoms with Crippen molar-refractivity contribution in [2.24, 2.45) is 5.92 Å².